The Morgan fingerprint density at radius 2 is 1.63 bits per heavy atom. The van der Waals surface area contributed by atoms with Crippen LogP contribution in [0.25, 0.3) is 22.5 Å². The highest BCUT2D eigenvalue weighted by Crippen LogP contribution is 2.33. The van der Waals surface area contributed by atoms with E-state index < -0.39 is 5.97 Å². The lowest BCUT2D eigenvalue weighted by atomic mass is 10.1. The first-order valence-electron chi connectivity index (χ1n) is 8.36. The Morgan fingerprint density at radius 3 is 2.26 bits per heavy atom. The van der Waals surface area contributed by atoms with Gasteiger partial charge in [-0.15, -0.1) is 0 Å². The van der Waals surface area contributed by atoms with E-state index in [1.165, 1.54) is 17.8 Å². The van der Waals surface area contributed by atoms with Gasteiger partial charge in [0.1, 0.15) is 5.76 Å². The van der Waals surface area contributed by atoms with E-state index >= 15 is 0 Å². The van der Waals surface area contributed by atoms with Crippen molar-refractivity contribution >= 4 is 17.7 Å². The predicted molar refractivity (Wildman–Crippen MR) is 105 cm³/mol. The minimum Gasteiger partial charge on any atom is -0.475 e. The van der Waals surface area contributed by atoms with Crippen molar-refractivity contribution in [3.05, 3.63) is 84.3 Å². The topological polar surface area (TPSA) is 79.1 Å². The third-order valence-corrected chi connectivity index (χ3v) is 4.91. The number of carboxylic acids is 1. The number of furan rings is 1. The van der Waals surface area contributed by atoms with E-state index in [1.807, 2.05) is 60.7 Å². The Labute approximate surface area is 160 Å². The van der Waals surface area contributed by atoms with Gasteiger partial charge in [-0.1, -0.05) is 72.4 Å². The van der Waals surface area contributed by atoms with Gasteiger partial charge in [0.05, 0.1) is 17.1 Å². The number of hydrogen-bond donors (Lipinski definition) is 2. The number of rotatable bonds is 6. The smallest absolute Gasteiger partial charge is 0.371 e. The molecule has 6 heteroatoms. The zero-order valence-corrected chi connectivity index (χ0v) is 15.1. The second kappa shape index (κ2) is 7.55. The maximum Gasteiger partial charge on any atom is 0.371 e. The largest absolute Gasteiger partial charge is 0.475 e. The molecule has 0 fully saturated rings. The van der Waals surface area contributed by atoms with Crippen LogP contribution in [0.1, 0.15) is 16.3 Å². The summed E-state index contributed by atoms with van der Waals surface area (Å²) in [5.41, 5.74) is 3.93. The summed E-state index contributed by atoms with van der Waals surface area (Å²) in [5, 5.41) is 9.71. The van der Waals surface area contributed by atoms with E-state index in [9.17, 15) is 4.79 Å². The lowest BCUT2D eigenvalue weighted by Crippen LogP contribution is -1.91. The molecule has 0 amide bonds. The van der Waals surface area contributed by atoms with Gasteiger partial charge in [-0.05, 0) is 12.1 Å². The number of H-pyrrole nitrogens is 1. The molecule has 0 radical (unpaired) electrons. The van der Waals surface area contributed by atoms with Gasteiger partial charge < -0.3 is 14.5 Å². The van der Waals surface area contributed by atoms with E-state index in [1.54, 1.807) is 6.07 Å². The van der Waals surface area contributed by atoms with Crippen molar-refractivity contribution < 1.29 is 14.3 Å². The van der Waals surface area contributed by atoms with Crippen molar-refractivity contribution in [2.45, 2.75) is 10.9 Å². The molecule has 0 spiro atoms. The molecule has 0 aliphatic rings. The van der Waals surface area contributed by atoms with Gasteiger partial charge in [0.15, 0.2) is 5.16 Å². The second-order valence-electron chi connectivity index (χ2n) is 5.86. The van der Waals surface area contributed by atoms with Gasteiger partial charge >= 0.3 is 5.97 Å². The van der Waals surface area contributed by atoms with Gasteiger partial charge in [-0.25, -0.2) is 9.78 Å². The first-order chi connectivity index (χ1) is 13.2. The molecule has 0 aliphatic heterocycles. The van der Waals surface area contributed by atoms with Crippen molar-refractivity contribution in [2.24, 2.45) is 0 Å². The molecule has 4 rings (SSSR count). The van der Waals surface area contributed by atoms with E-state index in [-0.39, 0.29) is 5.76 Å². The Morgan fingerprint density at radius 1 is 0.963 bits per heavy atom. The number of hydrogen-bond acceptors (Lipinski definition) is 4. The number of benzene rings is 2. The Bertz CT molecular complexity index is 998. The molecule has 2 N–H and O–H groups in total. The maximum absolute atomic E-state index is 10.9. The fraction of sp³-hybridized carbons (Fsp3) is 0.0476. The third kappa shape index (κ3) is 3.80. The van der Waals surface area contributed by atoms with Crippen LogP contribution in [0.2, 0.25) is 0 Å². The van der Waals surface area contributed by atoms with Gasteiger partial charge in [-0.3, -0.25) is 0 Å². The molecule has 0 saturated carbocycles. The van der Waals surface area contributed by atoms with E-state index in [0.717, 1.165) is 27.7 Å². The van der Waals surface area contributed by atoms with Crippen molar-refractivity contribution in [3.8, 4) is 22.5 Å². The average Bonchev–Trinajstić information content (AvgIpc) is 3.35. The molecule has 0 atom stereocenters. The standard InChI is InChI=1S/C21H16N2O3S/c24-20(25)17-12-11-16(26-17)13-27-21-22-18(14-7-3-1-4-8-14)19(23-21)15-9-5-2-6-10-15/h1-12H,13H2,(H,22,23)(H,24,25). The number of nitrogens with one attached hydrogen (secondary N) is 1. The summed E-state index contributed by atoms with van der Waals surface area (Å²) < 4.78 is 5.31. The van der Waals surface area contributed by atoms with E-state index in [0.29, 0.717) is 11.5 Å². The zero-order chi connectivity index (χ0) is 18.6. The number of thioether (sulfide) groups is 1. The molecule has 0 bridgehead atoms. The fourth-order valence-corrected chi connectivity index (χ4v) is 3.51. The van der Waals surface area contributed by atoms with Crippen LogP contribution in [-0.4, -0.2) is 21.0 Å². The molecular formula is C21H16N2O3S. The van der Waals surface area contributed by atoms with Crippen LogP contribution in [0.3, 0.4) is 0 Å². The molecule has 0 aliphatic carbocycles. The number of nitrogens with zero attached hydrogens (tertiary/aromatic N) is 1. The minimum absolute atomic E-state index is 0.0556. The number of aromatic amines is 1. The first-order valence-corrected chi connectivity index (χ1v) is 9.35. The van der Waals surface area contributed by atoms with Crippen LogP contribution in [0.4, 0.5) is 0 Å². The van der Waals surface area contributed by atoms with E-state index in [4.69, 9.17) is 14.5 Å². The third-order valence-electron chi connectivity index (χ3n) is 4.02. The molecule has 27 heavy (non-hydrogen) atoms. The Kier molecular flexibility index (Phi) is 4.80. The zero-order valence-electron chi connectivity index (χ0n) is 14.3. The number of carboxylic acid groups (broad SMARTS) is 1. The molecule has 2 aromatic carbocycles. The summed E-state index contributed by atoms with van der Waals surface area (Å²) in [5.74, 6) is -0.0400. The SMILES string of the molecule is O=C(O)c1ccc(CSc2nc(-c3ccccc3)c(-c3ccccc3)[nH]2)o1. The van der Waals surface area contributed by atoms with Crippen LogP contribution in [0, 0.1) is 0 Å². The average molecular weight is 376 g/mol. The van der Waals surface area contributed by atoms with Gasteiger partial charge in [-0.2, -0.15) is 0 Å². The quantitative estimate of drug-likeness (QED) is 0.445. The summed E-state index contributed by atoms with van der Waals surface area (Å²) in [4.78, 5) is 19.1. The second-order valence-corrected chi connectivity index (χ2v) is 6.82. The summed E-state index contributed by atoms with van der Waals surface area (Å²) in [7, 11) is 0. The van der Waals surface area contributed by atoms with Crippen molar-refractivity contribution in [3.63, 3.8) is 0 Å². The maximum atomic E-state index is 10.9. The first kappa shape index (κ1) is 17.2. The van der Waals surface area contributed by atoms with Gasteiger partial charge in [0, 0.05) is 11.1 Å². The summed E-state index contributed by atoms with van der Waals surface area (Å²) in [6.07, 6.45) is 0. The highest BCUT2D eigenvalue weighted by molar-refractivity contribution is 7.98. The molecule has 134 valence electrons. The highest BCUT2D eigenvalue weighted by atomic mass is 32.2. The number of aromatic nitrogens is 2. The summed E-state index contributed by atoms with van der Waals surface area (Å²) in [6, 6.07) is 23.2. The summed E-state index contributed by atoms with van der Waals surface area (Å²) >= 11 is 1.47. The van der Waals surface area contributed by atoms with E-state index in [2.05, 4.69) is 4.98 Å². The Hall–Kier alpha value is -3.25. The molecule has 2 heterocycles. The van der Waals surface area contributed by atoms with Gasteiger partial charge in [0.25, 0.3) is 0 Å². The van der Waals surface area contributed by atoms with Crippen LogP contribution in [0.15, 0.2) is 82.4 Å². The number of imidazole rings is 1. The minimum atomic E-state index is -1.07. The van der Waals surface area contributed by atoms with Crippen molar-refractivity contribution in [1.82, 2.24) is 9.97 Å². The van der Waals surface area contributed by atoms with Gasteiger partial charge in [0.2, 0.25) is 5.76 Å². The lowest BCUT2D eigenvalue weighted by Gasteiger charge is -2.02. The van der Waals surface area contributed by atoms with Crippen molar-refractivity contribution in [1.29, 1.82) is 0 Å². The monoisotopic (exact) mass is 376 g/mol. The van der Waals surface area contributed by atoms with Crippen molar-refractivity contribution in [2.75, 3.05) is 0 Å². The fourth-order valence-electron chi connectivity index (χ4n) is 2.75. The van der Waals surface area contributed by atoms with Crippen LogP contribution in [0.5, 0.6) is 0 Å². The summed E-state index contributed by atoms with van der Waals surface area (Å²) in [6.45, 7) is 0. The molecule has 0 unspecified atom stereocenters. The lowest BCUT2D eigenvalue weighted by molar-refractivity contribution is 0.0661. The predicted octanol–water partition coefficient (Wildman–Crippen LogP) is 5.33. The number of carbonyl (C=O) groups is 1. The van der Waals surface area contributed by atoms with Crippen LogP contribution in [-0.2, 0) is 5.75 Å². The molecule has 4 aromatic rings. The molecule has 5 nitrogen and oxygen atoms in total. The molecule has 2 aromatic heterocycles. The number of aromatic carboxylic acids is 1. The van der Waals surface area contributed by atoms with Crippen LogP contribution < -0.4 is 0 Å². The Balaban J connectivity index is 1.63. The van der Waals surface area contributed by atoms with Crippen LogP contribution >= 0.6 is 11.8 Å². The normalized spacial score (nSPS) is 10.8. The highest BCUT2D eigenvalue weighted by Gasteiger charge is 2.15. The molecule has 0 saturated heterocycles. The molecular weight excluding hydrogens is 360 g/mol.